The molecule has 3 heteroatoms. The molecule has 0 saturated heterocycles. The zero-order chi connectivity index (χ0) is 13.0. The molecule has 0 aromatic carbocycles. The van der Waals surface area contributed by atoms with Crippen LogP contribution < -0.4 is 5.32 Å². The largest absolute Gasteiger partial charge is 0.310 e. The first-order valence-corrected chi connectivity index (χ1v) is 7.44. The molecule has 1 atom stereocenters. The van der Waals surface area contributed by atoms with E-state index in [4.69, 9.17) is 0 Å². The van der Waals surface area contributed by atoms with Crippen LogP contribution in [-0.2, 0) is 7.05 Å². The minimum Gasteiger partial charge on any atom is -0.310 e. The van der Waals surface area contributed by atoms with Crippen LogP contribution in [0.3, 0.4) is 0 Å². The van der Waals surface area contributed by atoms with Crippen molar-refractivity contribution in [3.63, 3.8) is 0 Å². The Kier molecular flexibility index (Phi) is 4.81. The smallest absolute Gasteiger partial charge is 0.0540 e. The highest BCUT2D eigenvalue weighted by Gasteiger charge is 2.22. The first-order chi connectivity index (χ1) is 8.72. The van der Waals surface area contributed by atoms with Gasteiger partial charge in [0.15, 0.2) is 0 Å². The third-order valence-electron chi connectivity index (χ3n) is 4.39. The molecule has 1 aliphatic rings. The Labute approximate surface area is 111 Å². The van der Waals surface area contributed by atoms with E-state index in [1.54, 1.807) is 0 Å². The monoisotopic (exact) mass is 249 g/mol. The summed E-state index contributed by atoms with van der Waals surface area (Å²) in [5, 5.41) is 8.04. The van der Waals surface area contributed by atoms with Crippen LogP contribution in [0.1, 0.15) is 62.7 Å². The first-order valence-electron chi connectivity index (χ1n) is 7.44. The van der Waals surface area contributed by atoms with Crippen LogP contribution in [0.5, 0.6) is 0 Å². The Hall–Kier alpha value is -0.830. The van der Waals surface area contributed by atoms with Gasteiger partial charge in [-0.3, -0.25) is 4.68 Å². The summed E-state index contributed by atoms with van der Waals surface area (Å²) in [6.45, 7) is 5.40. The second-order valence-electron chi connectivity index (χ2n) is 5.66. The van der Waals surface area contributed by atoms with Crippen molar-refractivity contribution in [2.24, 2.45) is 13.0 Å². The highest BCUT2D eigenvalue weighted by atomic mass is 15.3. The quantitative estimate of drug-likeness (QED) is 0.867. The fourth-order valence-electron chi connectivity index (χ4n) is 3.18. The van der Waals surface area contributed by atoms with E-state index < -0.39 is 0 Å². The number of hydrogen-bond acceptors (Lipinski definition) is 2. The number of nitrogens with one attached hydrogen (secondary N) is 1. The fraction of sp³-hybridized carbons (Fsp3) is 0.800. The number of aromatic nitrogens is 2. The fourth-order valence-corrected chi connectivity index (χ4v) is 3.18. The van der Waals surface area contributed by atoms with Crippen molar-refractivity contribution in [1.82, 2.24) is 15.1 Å². The Balaban J connectivity index is 2.05. The average molecular weight is 249 g/mol. The molecule has 1 N–H and O–H groups in total. The highest BCUT2D eigenvalue weighted by Crippen LogP contribution is 2.32. The number of aryl methyl sites for hydroxylation is 1. The first kappa shape index (κ1) is 13.6. The molecular formula is C15H27N3. The SMILES string of the molecule is CCNC(CC1CCCCC1)c1cnn(C)c1C. The maximum absolute atomic E-state index is 4.39. The predicted molar refractivity (Wildman–Crippen MR) is 75.6 cm³/mol. The van der Waals surface area contributed by atoms with Crippen LogP contribution >= 0.6 is 0 Å². The molecule has 0 radical (unpaired) electrons. The van der Waals surface area contributed by atoms with Gasteiger partial charge in [-0.05, 0) is 25.8 Å². The molecule has 0 aliphatic heterocycles. The molecule has 0 amide bonds. The summed E-state index contributed by atoms with van der Waals surface area (Å²) in [5.41, 5.74) is 2.70. The third kappa shape index (κ3) is 3.14. The average Bonchev–Trinajstić information content (AvgIpc) is 2.71. The molecule has 0 spiro atoms. The van der Waals surface area contributed by atoms with Crippen LogP contribution in [0.25, 0.3) is 0 Å². The van der Waals surface area contributed by atoms with E-state index in [9.17, 15) is 0 Å². The number of hydrogen-bond donors (Lipinski definition) is 1. The molecule has 2 rings (SSSR count). The lowest BCUT2D eigenvalue weighted by Gasteiger charge is -2.27. The van der Waals surface area contributed by atoms with Gasteiger partial charge in [0, 0.05) is 24.3 Å². The summed E-state index contributed by atoms with van der Waals surface area (Å²) in [6, 6.07) is 0.492. The Morgan fingerprint density at radius 2 is 2.11 bits per heavy atom. The number of nitrogens with zero attached hydrogens (tertiary/aromatic N) is 2. The van der Waals surface area contributed by atoms with E-state index >= 15 is 0 Å². The van der Waals surface area contributed by atoms with Crippen molar-refractivity contribution in [3.05, 3.63) is 17.5 Å². The van der Waals surface area contributed by atoms with E-state index in [0.29, 0.717) is 6.04 Å². The van der Waals surface area contributed by atoms with E-state index in [0.717, 1.165) is 12.5 Å². The summed E-state index contributed by atoms with van der Waals surface area (Å²) in [7, 11) is 2.03. The minimum absolute atomic E-state index is 0.492. The topological polar surface area (TPSA) is 29.9 Å². The second kappa shape index (κ2) is 6.37. The van der Waals surface area contributed by atoms with E-state index in [2.05, 4.69) is 24.3 Å². The third-order valence-corrected chi connectivity index (χ3v) is 4.39. The van der Waals surface area contributed by atoms with Crippen LogP contribution in [-0.4, -0.2) is 16.3 Å². The zero-order valence-corrected chi connectivity index (χ0v) is 12.1. The molecule has 1 unspecified atom stereocenters. The Morgan fingerprint density at radius 3 is 2.67 bits per heavy atom. The summed E-state index contributed by atoms with van der Waals surface area (Å²) in [4.78, 5) is 0. The summed E-state index contributed by atoms with van der Waals surface area (Å²) < 4.78 is 1.99. The highest BCUT2D eigenvalue weighted by molar-refractivity contribution is 5.20. The van der Waals surface area contributed by atoms with Crippen molar-refractivity contribution in [2.45, 2.75) is 58.4 Å². The molecule has 1 aromatic rings. The van der Waals surface area contributed by atoms with E-state index in [1.807, 2.05) is 17.9 Å². The molecule has 0 bridgehead atoms. The van der Waals surface area contributed by atoms with Crippen molar-refractivity contribution in [3.8, 4) is 0 Å². The summed E-state index contributed by atoms with van der Waals surface area (Å²) >= 11 is 0. The van der Waals surface area contributed by atoms with E-state index in [-0.39, 0.29) is 0 Å². The molecule has 1 saturated carbocycles. The van der Waals surface area contributed by atoms with Crippen LogP contribution in [0.2, 0.25) is 0 Å². The predicted octanol–water partition coefficient (Wildman–Crippen LogP) is 3.35. The van der Waals surface area contributed by atoms with Gasteiger partial charge in [0.2, 0.25) is 0 Å². The lowest BCUT2D eigenvalue weighted by molar-refractivity contribution is 0.301. The molecule has 18 heavy (non-hydrogen) atoms. The number of rotatable bonds is 5. The van der Waals surface area contributed by atoms with Crippen LogP contribution in [0, 0.1) is 12.8 Å². The van der Waals surface area contributed by atoms with E-state index in [1.165, 1.54) is 49.8 Å². The lowest BCUT2D eigenvalue weighted by Crippen LogP contribution is -2.24. The second-order valence-corrected chi connectivity index (χ2v) is 5.66. The molecule has 1 aromatic heterocycles. The van der Waals surface area contributed by atoms with Crippen LogP contribution in [0.4, 0.5) is 0 Å². The van der Waals surface area contributed by atoms with Crippen molar-refractivity contribution in [2.75, 3.05) is 6.54 Å². The Bertz CT molecular complexity index is 364. The lowest BCUT2D eigenvalue weighted by atomic mass is 9.83. The van der Waals surface area contributed by atoms with Crippen molar-refractivity contribution >= 4 is 0 Å². The molecule has 1 fully saturated rings. The van der Waals surface area contributed by atoms with Gasteiger partial charge >= 0.3 is 0 Å². The summed E-state index contributed by atoms with van der Waals surface area (Å²) in [5.74, 6) is 0.905. The van der Waals surface area contributed by atoms with Gasteiger partial charge in [0.25, 0.3) is 0 Å². The standard InChI is InChI=1S/C15H27N3/c1-4-16-15(10-13-8-6-5-7-9-13)14-11-17-18(3)12(14)2/h11,13,15-16H,4-10H2,1-3H3. The van der Waals surface area contributed by atoms with Gasteiger partial charge in [0.1, 0.15) is 0 Å². The Morgan fingerprint density at radius 1 is 1.39 bits per heavy atom. The van der Waals surface area contributed by atoms with Gasteiger partial charge in [0.05, 0.1) is 6.20 Å². The maximum atomic E-state index is 4.39. The summed E-state index contributed by atoms with van der Waals surface area (Å²) in [6.07, 6.45) is 10.5. The van der Waals surface area contributed by atoms with Gasteiger partial charge < -0.3 is 5.32 Å². The van der Waals surface area contributed by atoms with Gasteiger partial charge in [-0.1, -0.05) is 39.0 Å². The molecule has 3 nitrogen and oxygen atoms in total. The molecule has 1 heterocycles. The van der Waals surface area contributed by atoms with Gasteiger partial charge in [-0.15, -0.1) is 0 Å². The zero-order valence-electron chi connectivity index (χ0n) is 12.1. The molecule has 1 aliphatic carbocycles. The normalized spacial score (nSPS) is 19.1. The molecular weight excluding hydrogens is 222 g/mol. The van der Waals surface area contributed by atoms with Crippen molar-refractivity contribution < 1.29 is 0 Å². The van der Waals surface area contributed by atoms with Crippen molar-refractivity contribution in [1.29, 1.82) is 0 Å². The molecule has 102 valence electrons. The minimum atomic E-state index is 0.492. The van der Waals surface area contributed by atoms with Crippen LogP contribution in [0.15, 0.2) is 6.20 Å². The van der Waals surface area contributed by atoms with Gasteiger partial charge in [-0.25, -0.2) is 0 Å². The van der Waals surface area contributed by atoms with Gasteiger partial charge in [-0.2, -0.15) is 5.10 Å². The maximum Gasteiger partial charge on any atom is 0.0540 e.